The molecule has 0 saturated carbocycles. The number of nitrogens with one attached hydrogen (secondary N) is 3. The molecule has 0 fully saturated rings. The number of rotatable bonds is 3. The third-order valence-electron chi connectivity index (χ3n) is 4.14. The molecule has 112 valence electrons. The van der Waals surface area contributed by atoms with Gasteiger partial charge in [-0.25, -0.2) is 4.98 Å². The van der Waals surface area contributed by atoms with Gasteiger partial charge in [0.15, 0.2) is 0 Å². The standard InChI is InChI=1S/C14H20N6O/c1-8-10(9(2)20(3)19-8)5-16-14(21)12-4-11-13(6-15-12)18-7-17-11/h7,12,15H,4-6H2,1-3H3,(H,16,21)(H,17,18). The zero-order chi connectivity index (χ0) is 15.0. The molecule has 2 aromatic rings. The molecule has 0 aliphatic carbocycles. The van der Waals surface area contributed by atoms with Gasteiger partial charge in [0.1, 0.15) is 0 Å². The lowest BCUT2D eigenvalue weighted by Gasteiger charge is -2.22. The molecule has 7 nitrogen and oxygen atoms in total. The fourth-order valence-electron chi connectivity index (χ4n) is 2.73. The van der Waals surface area contributed by atoms with E-state index >= 15 is 0 Å². The SMILES string of the molecule is Cc1nn(C)c(C)c1CNC(=O)C1Cc2nc[nH]c2CN1. The summed E-state index contributed by atoms with van der Waals surface area (Å²) >= 11 is 0. The van der Waals surface area contributed by atoms with Crippen LogP contribution < -0.4 is 10.6 Å². The highest BCUT2D eigenvalue weighted by molar-refractivity contribution is 5.82. The van der Waals surface area contributed by atoms with Crippen LogP contribution in [0.5, 0.6) is 0 Å². The lowest BCUT2D eigenvalue weighted by atomic mass is 10.0. The Morgan fingerprint density at radius 2 is 2.33 bits per heavy atom. The zero-order valence-corrected chi connectivity index (χ0v) is 12.5. The molecule has 21 heavy (non-hydrogen) atoms. The summed E-state index contributed by atoms with van der Waals surface area (Å²) in [5.41, 5.74) is 5.17. The van der Waals surface area contributed by atoms with Crippen LogP contribution in [0.1, 0.15) is 28.3 Å². The van der Waals surface area contributed by atoms with Crippen molar-refractivity contribution in [2.75, 3.05) is 0 Å². The van der Waals surface area contributed by atoms with Gasteiger partial charge in [-0.05, 0) is 13.8 Å². The second-order valence-corrected chi connectivity index (χ2v) is 5.46. The van der Waals surface area contributed by atoms with Crippen molar-refractivity contribution in [3.05, 3.63) is 34.7 Å². The van der Waals surface area contributed by atoms with E-state index in [1.165, 1.54) is 0 Å². The Balaban J connectivity index is 1.62. The molecule has 1 unspecified atom stereocenters. The molecule has 3 heterocycles. The van der Waals surface area contributed by atoms with Gasteiger partial charge in [0.05, 0.1) is 29.5 Å². The first-order valence-corrected chi connectivity index (χ1v) is 7.07. The summed E-state index contributed by atoms with van der Waals surface area (Å²) in [6.45, 7) is 5.13. The Hall–Kier alpha value is -2.15. The third kappa shape index (κ3) is 2.56. The van der Waals surface area contributed by atoms with E-state index in [-0.39, 0.29) is 11.9 Å². The second-order valence-electron chi connectivity index (χ2n) is 5.46. The van der Waals surface area contributed by atoms with Crippen molar-refractivity contribution >= 4 is 5.91 Å². The van der Waals surface area contributed by atoms with Crippen LogP contribution >= 0.6 is 0 Å². The number of H-pyrrole nitrogens is 1. The van der Waals surface area contributed by atoms with Gasteiger partial charge < -0.3 is 10.3 Å². The number of amides is 1. The fourth-order valence-corrected chi connectivity index (χ4v) is 2.73. The number of hydrogen-bond acceptors (Lipinski definition) is 4. The van der Waals surface area contributed by atoms with E-state index < -0.39 is 0 Å². The summed E-state index contributed by atoms with van der Waals surface area (Å²) in [7, 11) is 1.91. The van der Waals surface area contributed by atoms with E-state index in [1.54, 1.807) is 6.33 Å². The van der Waals surface area contributed by atoms with Crippen LogP contribution in [-0.2, 0) is 31.4 Å². The van der Waals surface area contributed by atoms with Gasteiger partial charge in [0.25, 0.3) is 0 Å². The van der Waals surface area contributed by atoms with Crippen molar-refractivity contribution < 1.29 is 4.79 Å². The highest BCUT2D eigenvalue weighted by atomic mass is 16.2. The van der Waals surface area contributed by atoms with E-state index in [0.717, 1.165) is 28.3 Å². The summed E-state index contributed by atoms with van der Waals surface area (Å²) in [4.78, 5) is 19.6. The lowest BCUT2D eigenvalue weighted by Crippen LogP contribution is -2.47. The van der Waals surface area contributed by atoms with Crippen LogP contribution in [-0.4, -0.2) is 31.7 Å². The van der Waals surface area contributed by atoms with Crippen molar-refractivity contribution in [2.24, 2.45) is 7.05 Å². The predicted molar refractivity (Wildman–Crippen MR) is 77.4 cm³/mol. The Kier molecular flexibility index (Phi) is 3.50. The molecule has 3 N–H and O–H groups in total. The fraction of sp³-hybridized carbons (Fsp3) is 0.500. The summed E-state index contributed by atoms with van der Waals surface area (Å²) < 4.78 is 1.84. The Labute approximate surface area is 123 Å². The summed E-state index contributed by atoms with van der Waals surface area (Å²) in [6.07, 6.45) is 2.30. The molecular formula is C14H20N6O. The van der Waals surface area contributed by atoms with Crippen LogP contribution in [0.2, 0.25) is 0 Å². The van der Waals surface area contributed by atoms with Gasteiger partial charge in [-0.3, -0.25) is 14.8 Å². The zero-order valence-electron chi connectivity index (χ0n) is 12.5. The van der Waals surface area contributed by atoms with Crippen LogP contribution in [0.15, 0.2) is 6.33 Å². The quantitative estimate of drug-likeness (QED) is 0.747. The van der Waals surface area contributed by atoms with Crippen molar-refractivity contribution in [3.8, 4) is 0 Å². The number of hydrogen-bond donors (Lipinski definition) is 3. The van der Waals surface area contributed by atoms with Gasteiger partial charge in [-0.2, -0.15) is 5.10 Å². The predicted octanol–water partition coefficient (Wildman–Crippen LogP) is 0.0907. The van der Waals surface area contributed by atoms with Crippen molar-refractivity contribution in [1.82, 2.24) is 30.4 Å². The highest BCUT2D eigenvalue weighted by Crippen LogP contribution is 2.14. The van der Waals surface area contributed by atoms with Crippen LogP contribution in [0, 0.1) is 13.8 Å². The molecule has 0 radical (unpaired) electrons. The Bertz CT molecular complexity index is 671. The summed E-state index contributed by atoms with van der Waals surface area (Å²) in [6, 6.07) is -0.224. The molecule has 0 aromatic carbocycles. The second kappa shape index (κ2) is 5.33. The summed E-state index contributed by atoms with van der Waals surface area (Å²) in [5.74, 6) is 0.00584. The number of fused-ring (bicyclic) bond motifs is 1. The van der Waals surface area contributed by atoms with E-state index in [9.17, 15) is 4.79 Å². The van der Waals surface area contributed by atoms with Gasteiger partial charge in [0.2, 0.25) is 5.91 Å². The number of aromatic amines is 1. The van der Waals surface area contributed by atoms with E-state index in [0.29, 0.717) is 19.5 Å². The van der Waals surface area contributed by atoms with Gasteiger partial charge in [0, 0.05) is 37.8 Å². The molecule has 0 spiro atoms. The van der Waals surface area contributed by atoms with Gasteiger partial charge >= 0.3 is 0 Å². The minimum atomic E-state index is -0.224. The van der Waals surface area contributed by atoms with Gasteiger partial charge in [-0.15, -0.1) is 0 Å². The van der Waals surface area contributed by atoms with E-state index in [4.69, 9.17) is 0 Å². The van der Waals surface area contributed by atoms with Crippen LogP contribution in [0.3, 0.4) is 0 Å². The minimum absolute atomic E-state index is 0.00584. The highest BCUT2D eigenvalue weighted by Gasteiger charge is 2.25. The molecule has 1 aliphatic rings. The molecule has 2 aromatic heterocycles. The molecule has 7 heteroatoms. The molecule has 1 amide bonds. The minimum Gasteiger partial charge on any atom is -0.351 e. The maximum Gasteiger partial charge on any atom is 0.237 e. The van der Waals surface area contributed by atoms with Gasteiger partial charge in [-0.1, -0.05) is 0 Å². The summed E-state index contributed by atoms with van der Waals surface area (Å²) in [5, 5.41) is 10.6. The van der Waals surface area contributed by atoms with Crippen molar-refractivity contribution in [3.63, 3.8) is 0 Å². The Morgan fingerprint density at radius 1 is 1.52 bits per heavy atom. The average molecular weight is 288 g/mol. The topological polar surface area (TPSA) is 87.6 Å². The third-order valence-corrected chi connectivity index (χ3v) is 4.14. The monoisotopic (exact) mass is 288 g/mol. The molecule has 3 rings (SSSR count). The molecule has 0 saturated heterocycles. The average Bonchev–Trinajstić information content (AvgIpc) is 3.02. The number of aromatic nitrogens is 4. The van der Waals surface area contributed by atoms with Crippen LogP contribution in [0.25, 0.3) is 0 Å². The lowest BCUT2D eigenvalue weighted by molar-refractivity contribution is -0.123. The molecular weight excluding hydrogens is 268 g/mol. The first-order chi connectivity index (χ1) is 10.1. The number of aryl methyl sites for hydroxylation is 2. The van der Waals surface area contributed by atoms with Crippen LogP contribution in [0.4, 0.5) is 0 Å². The smallest absolute Gasteiger partial charge is 0.237 e. The molecule has 0 bridgehead atoms. The maximum atomic E-state index is 12.3. The number of carbonyl (C=O) groups is 1. The normalized spacial score (nSPS) is 17.6. The Morgan fingerprint density at radius 3 is 3.05 bits per heavy atom. The van der Waals surface area contributed by atoms with Crippen molar-refractivity contribution in [2.45, 2.75) is 39.4 Å². The number of carbonyl (C=O) groups excluding carboxylic acids is 1. The maximum absolute atomic E-state index is 12.3. The largest absolute Gasteiger partial charge is 0.351 e. The first-order valence-electron chi connectivity index (χ1n) is 7.07. The van der Waals surface area contributed by atoms with E-state index in [2.05, 4.69) is 25.7 Å². The first kappa shape index (κ1) is 13.8. The molecule has 1 aliphatic heterocycles. The number of nitrogens with zero attached hydrogens (tertiary/aromatic N) is 3. The van der Waals surface area contributed by atoms with E-state index in [1.807, 2.05) is 25.6 Å². The molecule has 1 atom stereocenters. The number of imidazole rings is 1. The van der Waals surface area contributed by atoms with Crippen molar-refractivity contribution in [1.29, 1.82) is 0 Å².